The Labute approximate surface area is 141 Å². The second kappa shape index (κ2) is 5.85. The van der Waals surface area contributed by atoms with Gasteiger partial charge in [-0.15, -0.1) is 0 Å². The topological polar surface area (TPSA) is 27.3 Å². The van der Waals surface area contributed by atoms with Crippen LogP contribution in [0.2, 0.25) is 18.6 Å². The largest absolute Gasteiger partial charge is 0.299 e. The van der Waals surface area contributed by atoms with Gasteiger partial charge in [-0.05, 0) is 40.8 Å². The first kappa shape index (κ1) is 15.6. The van der Waals surface area contributed by atoms with Crippen molar-refractivity contribution >= 4 is 14.3 Å². The first-order valence-corrected chi connectivity index (χ1v) is 12.0. The van der Waals surface area contributed by atoms with Gasteiger partial charge in [-0.1, -0.05) is 56.4 Å². The summed E-state index contributed by atoms with van der Waals surface area (Å²) in [6.07, 6.45) is 6.28. The zero-order valence-electron chi connectivity index (χ0n) is 14.5. The van der Waals surface area contributed by atoms with Crippen LogP contribution in [0, 0.1) is 11.8 Å². The van der Waals surface area contributed by atoms with Crippen LogP contribution in [0.5, 0.6) is 0 Å². The highest BCUT2D eigenvalue weighted by atomic mass is 28.3. The molecule has 23 heavy (non-hydrogen) atoms. The molecule has 3 nitrogen and oxygen atoms in total. The molecule has 1 heterocycles. The standard InChI is InChI=1S/C19H29N3Si/c1-14-10-18-16-7-5-4-6-15(16)8-9-17(18)19(14)23(2,3)22-12-20-11-21-13-22/h4-9,14,17-21H,10-13H2,1-3H3. The number of allylic oxidation sites excluding steroid dienone is 1. The molecule has 1 saturated heterocycles. The van der Waals surface area contributed by atoms with Crippen molar-refractivity contribution in [2.75, 3.05) is 20.0 Å². The quantitative estimate of drug-likeness (QED) is 0.815. The van der Waals surface area contributed by atoms with E-state index in [2.05, 4.69) is 71.6 Å². The highest BCUT2D eigenvalue weighted by molar-refractivity contribution is 6.76. The molecule has 1 aliphatic heterocycles. The highest BCUT2D eigenvalue weighted by Crippen LogP contribution is 2.57. The molecule has 124 valence electrons. The van der Waals surface area contributed by atoms with Crippen molar-refractivity contribution in [2.24, 2.45) is 11.8 Å². The van der Waals surface area contributed by atoms with E-state index < -0.39 is 8.24 Å². The number of hydrogen-bond acceptors (Lipinski definition) is 3. The van der Waals surface area contributed by atoms with E-state index in [1.807, 2.05) is 0 Å². The number of nitrogens with zero attached hydrogens (tertiary/aromatic N) is 1. The smallest absolute Gasteiger partial charge is 0.129 e. The average Bonchev–Trinajstić information content (AvgIpc) is 2.93. The average molecular weight is 328 g/mol. The molecular weight excluding hydrogens is 298 g/mol. The van der Waals surface area contributed by atoms with Gasteiger partial charge in [-0.25, -0.2) is 0 Å². The molecule has 2 N–H and O–H groups in total. The number of fused-ring (bicyclic) bond motifs is 3. The Morgan fingerprint density at radius 2 is 1.87 bits per heavy atom. The molecule has 1 saturated carbocycles. The molecule has 0 bridgehead atoms. The second-order valence-corrected chi connectivity index (χ2v) is 12.7. The Bertz CT molecular complexity index is 606. The van der Waals surface area contributed by atoms with Gasteiger partial charge in [0.1, 0.15) is 8.24 Å². The van der Waals surface area contributed by atoms with Crippen molar-refractivity contribution in [3.05, 3.63) is 41.5 Å². The minimum absolute atomic E-state index is 0.725. The Hall–Kier alpha value is -0.943. The molecule has 0 spiro atoms. The fraction of sp³-hybridized carbons (Fsp3) is 0.579. The third kappa shape index (κ3) is 2.52. The summed E-state index contributed by atoms with van der Waals surface area (Å²) >= 11 is 0. The minimum atomic E-state index is -1.50. The Kier molecular flexibility index (Phi) is 3.96. The molecule has 4 atom stereocenters. The van der Waals surface area contributed by atoms with Crippen LogP contribution in [0.4, 0.5) is 0 Å². The fourth-order valence-electron chi connectivity index (χ4n) is 5.45. The van der Waals surface area contributed by atoms with E-state index in [1.165, 1.54) is 12.0 Å². The van der Waals surface area contributed by atoms with E-state index in [-0.39, 0.29) is 0 Å². The summed E-state index contributed by atoms with van der Waals surface area (Å²) in [7, 11) is -1.50. The first-order chi connectivity index (χ1) is 11.1. The molecular formula is C19H29N3Si. The molecule has 0 aromatic heterocycles. The number of rotatable bonds is 2. The van der Waals surface area contributed by atoms with Gasteiger partial charge in [0.2, 0.25) is 0 Å². The molecule has 0 amide bonds. The van der Waals surface area contributed by atoms with E-state index in [0.717, 1.165) is 43.3 Å². The van der Waals surface area contributed by atoms with E-state index in [1.54, 1.807) is 5.56 Å². The summed E-state index contributed by atoms with van der Waals surface area (Å²) in [6.45, 7) is 10.7. The molecule has 4 rings (SSSR count). The van der Waals surface area contributed by atoms with Crippen molar-refractivity contribution in [2.45, 2.75) is 37.9 Å². The van der Waals surface area contributed by atoms with Gasteiger partial charge in [0, 0.05) is 20.0 Å². The predicted molar refractivity (Wildman–Crippen MR) is 99.4 cm³/mol. The fourth-order valence-corrected chi connectivity index (χ4v) is 9.72. The van der Waals surface area contributed by atoms with Crippen LogP contribution in [0.15, 0.2) is 30.3 Å². The molecule has 2 fully saturated rings. The summed E-state index contributed by atoms with van der Waals surface area (Å²) in [4.78, 5) is 0. The lowest BCUT2D eigenvalue weighted by atomic mass is 9.81. The summed E-state index contributed by atoms with van der Waals surface area (Å²) in [5, 5.41) is 7.00. The molecule has 3 aliphatic rings. The van der Waals surface area contributed by atoms with Crippen LogP contribution >= 0.6 is 0 Å². The predicted octanol–water partition coefficient (Wildman–Crippen LogP) is 3.40. The maximum atomic E-state index is 3.50. The van der Waals surface area contributed by atoms with Crippen molar-refractivity contribution in [1.29, 1.82) is 0 Å². The van der Waals surface area contributed by atoms with E-state index in [4.69, 9.17) is 0 Å². The maximum Gasteiger partial charge on any atom is 0.129 e. The van der Waals surface area contributed by atoms with Crippen LogP contribution in [-0.2, 0) is 0 Å². The lowest BCUT2D eigenvalue weighted by Crippen LogP contribution is -2.63. The lowest BCUT2D eigenvalue weighted by molar-refractivity contribution is 0.280. The Morgan fingerprint density at radius 3 is 2.65 bits per heavy atom. The van der Waals surface area contributed by atoms with Crippen molar-refractivity contribution in [3.63, 3.8) is 0 Å². The molecule has 1 aromatic carbocycles. The van der Waals surface area contributed by atoms with Crippen molar-refractivity contribution in [3.8, 4) is 0 Å². The van der Waals surface area contributed by atoms with Gasteiger partial charge in [-0.2, -0.15) is 0 Å². The van der Waals surface area contributed by atoms with Crippen molar-refractivity contribution < 1.29 is 0 Å². The van der Waals surface area contributed by atoms with Crippen molar-refractivity contribution in [1.82, 2.24) is 15.2 Å². The van der Waals surface area contributed by atoms with E-state index in [9.17, 15) is 0 Å². The van der Waals surface area contributed by atoms with Crippen LogP contribution in [-0.4, -0.2) is 32.8 Å². The molecule has 1 aromatic rings. The normalized spacial score (nSPS) is 34.2. The van der Waals surface area contributed by atoms with Crippen LogP contribution in [0.25, 0.3) is 6.08 Å². The van der Waals surface area contributed by atoms with Gasteiger partial charge in [-0.3, -0.25) is 15.2 Å². The van der Waals surface area contributed by atoms with Gasteiger partial charge >= 0.3 is 0 Å². The molecule has 2 aliphatic carbocycles. The maximum absolute atomic E-state index is 3.50. The Morgan fingerprint density at radius 1 is 1.13 bits per heavy atom. The zero-order chi connectivity index (χ0) is 16.0. The van der Waals surface area contributed by atoms with E-state index >= 15 is 0 Å². The summed E-state index contributed by atoms with van der Waals surface area (Å²) in [5.74, 6) is 2.27. The minimum Gasteiger partial charge on any atom is -0.299 e. The lowest BCUT2D eigenvalue weighted by Gasteiger charge is -2.47. The SMILES string of the molecule is CC1CC2c3ccccc3C=CC2C1[Si](C)(C)N1CNCNC1. The molecule has 4 unspecified atom stereocenters. The monoisotopic (exact) mass is 327 g/mol. The van der Waals surface area contributed by atoms with Gasteiger partial charge in [0.25, 0.3) is 0 Å². The third-order valence-corrected chi connectivity index (χ3v) is 11.0. The van der Waals surface area contributed by atoms with Gasteiger partial charge in [0.15, 0.2) is 0 Å². The van der Waals surface area contributed by atoms with Gasteiger partial charge in [0.05, 0.1) is 0 Å². The number of nitrogens with one attached hydrogen (secondary N) is 2. The van der Waals surface area contributed by atoms with Gasteiger partial charge < -0.3 is 0 Å². The van der Waals surface area contributed by atoms with Crippen LogP contribution in [0.1, 0.15) is 30.4 Å². The number of hydrogen-bond donors (Lipinski definition) is 2. The summed E-state index contributed by atoms with van der Waals surface area (Å²) in [5.41, 5.74) is 3.87. The summed E-state index contributed by atoms with van der Waals surface area (Å²) < 4.78 is 2.72. The first-order valence-electron chi connectivity index (χ1n) is 9.02. The second-order valence-electron chi connectivity index (χ2n) is 8.10. The summed E-state index contributed by atoms with van der Waals surface area (Å²) in [6, 6.07) is 9.03. The zero-order valence-corrected chi connectivity index (χ0v) is 15.5. The molecule has 0 radical (unpaired) electrons. The third-order valence-electron chi connectivity index (χ3n) is 6.50. The highest BCUT2D eigenvalue weighted by Gasteiger charge is 2.52. The Balaban J connectivity index is 1.66. The van der Waals surface area contributed by atoms with Crippen LogP contribution < -0.4 is 10.6 Å². The van der Waals surface area contributed by atoms with E-state index in [0.29, 0.717) is 0 Å². The van der Waals surface area contributed by atoms with Crippen LogP contribution in [0.3, 0.4) is 0 Å². The number of benzene rings is 1. The molecule has 4 heteroatoms.